The van der Waals surface area contributed by atoms with Gasteiger partial charge in [-0.05, 0) is 25.5 Å². The first-order valence-electron chi connectivity index (χ1n) is 6.05. The molecule has 1 atom stereocenters. The van der Waals surface area contributed by atoms with E-state index in [1.54, 1.807) is 0 Å². The van der Waals surface area contributed by atoms with Crippen LogP contribution < -0.4 is 11.1 Å². The van der Waals surface area contributed by atoms with Gasteiger partial charge in [0.05, 0.1) is 16.4 Å². The number of hydrogen-bond donors (Lipinski definition) is 3. The predicted octanol–water partition coefficient (Wildman–Crippen LogP) is 1.88. The zero-order valence-electron chi connectivity index (χ0n) is 10.7. The van der Waals surface area contributed by atoms with Crippen LogP contribution in [0.25, 0.3) is 11.0 Å². The average molecular weight is 246 g/mol. The number of aromatic nitrogens is 2. The molecule has 18 heavy (non-hydrogen) atoms. The van der Waals surface area contributed by atoms with E-state index in [1.807, 2.05) is 38.1 Å². The van der Waals surface area contributed by atoms with Gasteiger partial charge in [0.1, 0.15) is 0 Å². The van der Waals surface area contributed by atoms with Gasteiger partial charge >= 0.3 is 0 Å². The summed E-state index contributed by atoms with van der Waals surface area (Å²) in [6.45, 7) is 4.12. The molecule has 2 rings (SSSR count). The molecule has 0 spiro atoms. The van der Waals surface area contributed by atoms with E-state index in [4.69, 9.17) is 5.73 Å². The molecule has 1 aromatic heterocycles. The Balaban J connectivity index is 2.21. The number of H-pyrrole nitrogens is 1. The zero-order chi connectivity index (χ0) is 13.2. The number of carbonyl (C=O) groups excluding carboxylic acids is 1. The number of imidazole rings is 1. The monoisotopic (exact) mass is 246 g/mol. The van der Waals surface area contributed by atoms with Crippen molar-refractivity contribution in [3.63, 3.8) is 0 Å². The van der Waals surface area contributed by atoms with E-state index in [0.29, 0.717) is 18.9 Å². The molecular formula is C13H18N4O. The molecule has 96 valence electrons. The maximum absolute atomic E-state index is 12.1. The van der Waals surface area contributed by atoms with E-state index in [2.05, 4.69) is 15.3 Å². The van der Waals surface area contributed by atoms with Gasteiger partial charge in [0.15, 0.2) is 0 Å². The molecule has 1 aromatic carbocycles. The van der Waals surface area contributed by atoms with Gasteiger partial charge in [0, 0.05) is 6.54 Å². The van der Waals surface area contributed by atoms with E-state index in [9.17, 15) is 4.79 Å². The van der Waals surface area contributed by atoms with Gasteiger partial charge in [-0.25, -0.2) is 4.98 Å². The van der Waals surface area contributed by atoms with Crippen LogP contribution in [0.3, 0.4) is 0 Å². The highest BCUT2D eigenvalue weighted by Gasteiger charge is 2.30. The molecule has 1 amide bonds. The Morgan fingerprint density at radius 2 is 2.22 bits per heavy atom. The standard InChI is InChI=1S/C13H18N4O/c1-3-13(2,8-14)11(18)17-12-15-9-6-4-5-7-10(9)16-12/h4-7H,3,8,14H2,1-2H3,(H2,15,16,17,18). The summed E-state index contributed by atoms with van der Waals surface area (Å²) in [5.41, 5.74) is 6.83. The number of aromatic amines is 1. The average Bonchev–Trinajstić information content (AvgIpc) is 2.79. The van der Waals surface area contributed by atoms with Crippen LogP contribution in [-0.4, -0.2) is 22.4 Å². The number of para-hydroxylation sites is 2. The van der Waals surface area contributed by atoms with Gasteiger partial charge in [0.2, 0.25) is 11.9 Å². The lowest BCUT2D eigenvalue weighted by atomic mass is 9.87. The van der Waals surface area contributed by atoms with Crippen LogP contribution in [0.1, 0.15) is 20.3 Å². The molecule has 0 bridgehead atoms. The fourth-order valence-electron chi connectivity index (χ4n) is 1.67. The molecule has 1 heterocycles. The number of anilines is 1. The molecule has 0 aliphatic rings. The van der Waals surface area contributed by atoms with Crippen LogP contribution in [0.5, 0.6) is 0 Å². The van der Waals surface area contributed by atoms with Gasteiger partial charge < -0.3 is 10.7 Å². The van der Waals surface area contributed by atoms with Crippen LogP contribution in [0, 0.1) is 5.41 Å². The molecule has 1 unspecified atom stereocenters. The van der Waals surface area contributed by atoms with Gasteiger partial charge in [-0.1, -0.05) is 19.1 Å². The second-order valence-corrected chi connectivity index (χ2v) is 4.68. The van der Waals surface area contributed by atoms with Crippen molar-refractivity contribution in [1.82, 2.24) is 9.97 Å². The topological polar surface area (TPSA) is 83.8 Å². The first-order chi connectivity index (χ1) is 8.59. The Hall–Kier alpha value is -1.88. The molecule has 2 aromatic rings. The minimum absolute atomic E-state index is 0.105. The van der Waals surface area contributed by atoms with E-state index in [-0.39, 0.29) is 5.91 Å². The quantitative estimate of drug-likeness (QED) is 0.770. The summed E-state index contributed by atoms with van der Waals surface area (Å²) in [6.07, 6.45) is 0.690. The lowest BCUT2D eigenvalue weighted by Gasteiger charge is -2.24. The number of benzene rings is 1. The van der Waals surface area contributed by atoms with Crippen molar-refractivity contribution in [2.75, 3.05) is 11.9 Å². The van der Waals surface area contributed by atoms with Crippen molar-refractivity contribution in [3.05, 3.63) is 24.3 Å². The van der Waals surface area contributed by atoms with E-state index in [0.717, 1.165) is 11.0 Å². The number of nitrogens with two attached hydrogens (primary N) is 1. The van der Waals surface area contributed by atoms with Crippen molar-refractivity contribution in [1.29, 1.82) is 0 Å². The van der Waals surface area contributed by atoms with E-state index < -0.39 is 5.41 Å². The Morgan fingerprint density at radius 3 is 2.83 bits per heavy atom. The molecule has 4 N–H and O–H groups in total. The Kier molecular flexibility index (Phi) is 3.34. The second kappa shape index (κ2) is 4.78. The number of hydrogen-bond acceptors (Lipinski definition) is 3. The Bertz CT molecular complexity index is 524. The highest BCUT2D eigenvalue weighted by molar-refractivity contribution is 5.95. The fourth-order valence-corrected chi connectivity index (χ4v) is 1.67. The summed E-state index contributed by atoms with van der Waals surface area (Å²) < 4.78 is 0. The zero-order valence-corrected chi connectivity index (χ0v) is 10.7. The summed E-state index contributed by atoms with van der Waals surface area (Å²) in [6, 6.07) is 7.64. The number of nitrogens with zero attached hydrogens (tertiary/aromatic N) is 1. The summed E-state index contributed by atoms with van der Waals surface area (Å²) in [7, 11) is 0. The van der Waals surface area contributed by atoms with Gasteiger partial charge in [-0.15, -0.1) is 0 Å². The fraction of sp³-hybridized carbons (Fsp3) is 0.385. The second-order valence-electron chi connectivity index (χ2n) is 4.68. The third kappa shape index (κ3) is 2.22. The van der Waals surface area contributed by atoms with Crippen molar-refractivity contribution < 1.29 is 4.79 Å². The molecule has 0 saturated heterocycles. The smallest absolute Gasteiger partial charge is 0.233 e. The van der Waals surface area contributed by atoms with Crippen LogP contribution in [0.2, 0.25) is 0 Å². The lowest BCUT2D eigenvalue weighted by Crippen LogP contribution is -2.39. The van der Waals surface area contributed by atoms with Gasteiger partial charge in [-0.2, -0.15) is 0 Å². The van der Waals surface area contributed by atoms with Crippen molar-refractivity contribution in [3.8, 4) is 0 Å². The first kappa shape index (κ1) is 12.6. The van der Waals surface area contributed by atoms with Crippen LogP contribution in [0.4, 0.5) is 5.95 Å². The molecule has 5 nitrogen and oxygen atoms in total. The van der Waals surface area contributed by atoms with Crippen LogP contribution in [-0.2, 0) is 4.79 Å². The van der Waals surface area contributed by atoms with Crippen molar-refractivity contribution in [2.24, 2.45) is 11.1 Å². The number of carbonyl (C=O) groups is 1. The summed E-state index contributed by atoms with van der Waals surface area (Å²) in [5, 5.41) is 2.79. The maximum Gasteiger partial charge on any atom is 0.233 e. The highest BCUT2D eigenvalue weighted by atomic mass is 16.2. The molecule has 0 aliphatic heterocycles. The molecule has 5 heteroatoms. The first-order valence-corrected chi connectivity index (χ1v) is 6.05. The highest BCUT2D eigenvalue weighted by Crippen LogP contribution is 2.22. The number of fused-ring (bicyclic) bond motifs is 1. The number of amides is 1. The maximum atomic E-state index is 12.1. The molecule has 0 aliphatic carbocycles. The molecular weight excluding hydrogens is 228 g/mol. The number of rotatable bonds is 4. The Morgan fingerprint density at radius 1 is 1.50 bits per heavy atom. The largest absolute Gasteiger partial charge is 0.329 e. The predicted molar refractivity (Wildman–Crippen MR) is 72.2 cm³/mol. The van der Waals surface area contributed by atoms with Crippen molar-refractivity contribution >= 4 is 22.9 Å². The molecule has 0 saturated carbocycles. The summed E-state index contributed by atoms with van der Waals surface area (Å²) >= 11 is 0. The minimum Gasteiger partial charge on any atom is -0.329 e. The third-order valence-electron chi connectivity index (χ3n) is 3.40. The van der Waals surface area contributed by atoms with Crippen molar-refractivity contribution in [2.45, 2.75) is 20.3 Å². The van der Waals surface area contributed by atoms with E-state index in [1.165, 1.54) is 0 Å². The lowest BCUT2D eigenvalue weighted by molar-refractivity contribution is -0.124. The third-order valence-corrected chi connectivity index (χ3v) is 3.40. The Labute approximate surface area is 106 Å². The normalized spacial score (nSPS) is 14.4. The van der Waals surface area contributed by atoms with Gasteiger partial charge in [-0.3, -0.25) is 10.1 Å². The molecule has 0 fully saturated rings. The van der Waals surface area contributed by atoms with Crippen LogP contribution in [0.15, 0.2) is 24.3 Å². The summed E-state index contributed by atoms with van der Waals surface area (Å²) in [4.78, 5) is 19.5. The molecule has 0 radical (unpaired) electrons. The van der Waals surface area contributed by atoms with Gasteiger partial charge in [0.25, 0.3) is 0 Å². The van der Waals surface area contributed by atoms with E-state index >= 15 is 0 Å². The SMILES string of the molecule is CCC(C)(CN)C(=O)Nc1nc2ccccc2[nH]1. The van der Waals surface area contributed by atoms with Crippen LogP contribution >= 0.6 is 0 Å². The summed E-state index contributed by atoms with van der Waals surface area (Å²) in [5.74, 6) is 0.362. The number of nitrogens with one attached hydrogen (secondary N) is 2. The minimum atomic E-state index is -0.557.